The van der Waals surface area contributed by atoms with Gasteiger partial charge < -0.3 is 14.8 Å². The first-order valence-electron chi connectivity index (χ1n) is 8.68. The fourth-order valence-corrected chi connectivity index (χ4v) is 2.87. The van der Waals surface area contributed by atoms with Crippen LogP contribution < -0.4 is 14.8 Å². The van der Waals surface area contributed by atoms with Crippen LogP contribution >= 0.6 is 0 Å². The van der Waals surface area contributed by atoms with Crippen molar-refractivity contribution in [2.45, 2.75) is 12.3 Å². The number of nitrogens with zero attached hydrogens (tertiary/aromatic N) is 1. The smallest absolute Gasteiger partial charge is 0.232 e. The predicted octanol–water partition coefficient (Wildman–Crippen LogP) is 4.06. The summed E-state index contributed by atoms with van der Waals surface area (Å²) in [6, 6.07) is 21.1. The lowest BCUT2D eigenvalue weighted by Crippen LogP contribution is -2.23. The van der Waals surface area contributed by atoms with Crippen molar-refractivity contribution in [1.29, 1.82) is 0 Å². The Hall–Kier alpha value is -3.34. The van der Waals surface area contributed by atoms with Crippen LogP contribution in [0.5, 0.6) is 11.6 Å². The molecular formula is C22H22N2O3. The van der Waals surface area contributed by atoms with Crippen LogP contribution in [-0.2, 0) is 11.2 Å². The molecule has 0 aliphatic heterocycles. The summed E-state index contributed by atoms with van der Waals surface area (Å²) in [4.78, 5) is 17.2. The quantitative estimate of drug-likeness (QED) is 0.688. The molecule has 27 heavy (non-hydrogen) atoms. The Kier molecular flexibility index (Phi) is 6.05. The number of methoxy groups -OCH3 is 2. The molecule has 5 heteroatoms. The molecule has 0 bridgehead atoms. The summed E-state index contributed by atoms with van der Waals surface area (Å²) in [6.45, 7) is 0. The van der Waals surface area contributed by atoms with Crippen molar-refractivity contribution in [2.75, 3.05) is 19.5 Å². The van der Waals surface area contributed by atoms with Crippen LogP contribution in [0.15, 0.2) is 72.9 Å². The molecule has 0 saturated carbocycles. The van der Waals surface area contributed by atoms with Crippen LogP contribution in [-0.4, -0.2) is 25.1 Å². The van der Waals surface area contributed by atoms with Crippen molar-refractivity contribution in [3.63, 3.8) is 0 Å². The molecule has 138 valence electrons. The van der Waals surface area contributed by atoms with E-state index in [1.165, 1.54) is 0 Å². The zero-order valence-electron chi connectivity index (χ0n) is 15.4. The molecule has 2 aromatic carbocycles. The van der Waals surface area contributed by atoms with Gasteiger partial charge in [-0.1, -0.05) is 42.5 Å². The number of ether oxygens (including phenoxy) is 2. The van der Waals surface area contributed by atoms with Crippen molar-refractivity contribution in [3.8, 4) is 11.6 Å². The highest BCUT2D eigenvalue weighted by atomic mass is 16.5. The lowest BCUT2D eigenvalue weighted by molar-refractivity contribution is -0.117. The summed E-state index contributed by atoms with van der Waals surface area (Å²) >= 11 is 0. The maximum absolute atomic E-state index is 13.1. The maximum Gasteiger partial charge on any atom is 0.232 e. The second kappa shape index (κ2) is 8.85. The molecule has 3 rings (SSSR count). The van der Waals surface area contributed by atoms with Crippen LogP contribution in [0.2, 0.25) is 0 Å². The van der Waals surface area contributed by atoms with E-state index < -0.39 is 0 Å². The lowest BCUT2D eigenvalue weighted by atomic mass is 9.91. The van der Waals surface area contributed by atoms with Crippen LogP contribution in [0.4, 0.5) is 5.69 Å². The summed E-state index contributed by atoms with van der Waals surface area (Å²) in [5, 5.41) is 2.95. The van der Waals surface area contributed by atoms with E-state index >= 15 is 0 Å². The van der Waals surface area contributed by atoms with Gasteiger partial charge in [0.05, 0.1) is 32.0 Å². The third-order valence-corrected chi connectivity index (χ3v) is 4.31. The molecule has 1 atom stereocenters. The Labute approximate surface area is 159 Å². The van der Waals surface area contributed by atoms with Crippen LogP contribution in [0.3, 0.4) is 0 Å². The molecule has 1 aromatic heterocycles. The van der Waals surface area contributed by atoms with E-state index in [4.69, 9.17) is 9.47 Å². The molecule has 0 radical (unpaired) electrons. The highest BCUT2D eigenvalue weighted by Gasteiger charge is 2.22. The summed E-state index contributed by atoms with van der Waals surface area (Å²) in [5.41, 5.74) is 2.62. The first-order valence-corrected chi connectivity index (χ1v) is 8.68. The van der Waals surface area contributed by atoms with E-state index in [0.717, 1.165) is 16.9 Å². The second-order valence-corrected chi connectivity index (χ2v) is 6.10. The molecule has 0 spiro atoms. The number of nitrogens with one attached hydrogen (secondary N) is 1. The molecular weight excluding hydrogens is 340 g/mol. The highest BCUT2D eigenvalue weighted by Crippen LogP contribution is 2.26. The topological polar surface area (TPSA) is 60.5 Å². The minimum atomic E-state index is -0.357. The number of amides is 1. The van der Waals surface area contributed by atoms with Gasteiger partial charge in [-0.2, -0.15) is 0 Å². The minimum Gasteiger partial charge on any atom is -0.497 e. The Morgan fingerprint density at radius 1 is 1.00 bits per heavy atom. The lowest BCUT2D eigenvalue weighted by Gasteiger charge is -2.18. The summed E-state index contributed by atoms with van der Waals surface area (Å²) < 4.78 is 10.4. The van der Waals surface area contributed by atoms with E-state index in [2.05, 4.69) is 10.3 Å². The number of hydrogen-bond acceptors (Lipinski definition) is 4. The number of carbonyl (C=O) groups excluding carboxylic acids is 1. The average molecular weight is 362 g/mol. The normalized spacial score (nSPS) is 11.5. The summed E-state index contributed by atoms with van der Waals surface area (Å²) in [6.07, 6.45) is 2.17. The number of anilines is 1. The maximum atomic E-state index is 13.1. The van der Waals surface area contributed by atoms with Crippen LogP contribution in [0.1, 0.15) is 17.0 Å². The first kappa shape index (κ1) is 18.5. The third-order valence-electron chi connectivity index (χ3n) is 4.31. The molecule has 1 amide bonds. The Morgan fingerprint density at radius 3 is 2.48 bits per heavy atom. The fourth-order valence-electron chi connectivity index (χ4n) is 2.87. The molecule has 5 nitrogen and oxygen atoms in total. The number of benzene rings is 2. The Bertz CT molecular complexity index is 880. The largest absolute Gasteiger partial charge is 0.497 e. The fraction of sp³-hybridized carbons (Fsp3) is 0.182. The SMILES string of the molecule is COc1cccc(C(Cc2ccccc2)C(=O)Nc2ccc(OC)nc2)c1. The van der Waals surface area contributed by atoms with Gasteiger partial charge >= 0.3 is 0 Å². The van der Waals surface area contributed by atoms with Gasteiger partial charge in [-0.3, -0.25) is 4.79 Å². The van der Waals surface area contributed by atoms with E-state index in [0.29, 0.717) is 18.0 Å². The van der Waals surface area contributed by atoms with Crippen LogP contribution in [0, 0.1) is 0 Å². The van der Waals surface area contributed by atoms with E-state index in [9.17, 15) is 4.79 Å². The van der Waals surface area contributed by atoms with Gasteiger partial charge in [-0.15, -0.1) is 0 Å². The standard InChI is InChI=1S/C22H22N2O3/c1-26-19-10-6-9-17(14-19)20(13-16-7-4-3-5-8-16)22(25)24-18-11-12-21(27-2)23-15-18/h3-12,14-15,20H,13H2,1-2H3,(H,24,25). The number of pyridine rings is 1. The van der Waals surface area contributed by atoms with E-state index in [1.54, 1.807) is 32.5 Å². The zero-order chi connectivity index (χ0) is 19.1. The number of rotatable bonds is 7. The second-order valence-electron chi connectivity index (χ2n) is 6.10. The molecule has 3 aromatic rings. The number of carbonyl (C=O) groups is 1. The van der Waals surface area contributed by atoms with Crippen LogP contribution in [0.25, 0.3) is 0 Å². The van der Waals surface area contributed by atoms with E-state index in [1.807, 2.05) is 54.6 Å². The predicted molar refractivity (Wildman–Crippen MR) is 105 cm³/mol. The van der Waals surface area contributed by atoms with Gasteiger partial charge in [0.1, 0.15) is 5.75 Å². The first-order chi connectivity index (χ1) is 13.2. The monoisotopic (exact) mass is 362 g/mol. The molecule has 0 fully saturated rings. The van der Waals surface area contributed by atoms with Crippen molar-refractivity contribution in [3.05, 3.63) is 84.1 Å². The number of aromatic nitrogens is 1. The van der Waals surface area contributed by atoms with Crippen molar-refractivity contribution >= 4 is 11.6 Å². The van der Waals surface area contributed by atoms with Gasteiger partial charge in [0.15, 0.2) is 0 Å². The third kappa shape index (κ3) is 4.85. The van der Waals surface area contributed by atoms with Gasteiger partial charge in [0.2, 0.25) is 11.8 Å². The summed E-state index contributed by atoms with van der Waals surface area (Å²) in [7, 11) is 3.17. The number of hydrogen-bond donors (Lipinski definition) is 1. The van der Waals surface area contributed by atoms with Gasteiger partial charge in [-0.05, 0) is 35.7 Å². The van der Waals surface area contributed by atoms with E-state index in [-0.39, 0.29) is 11.8 Å². The molecule has 0 aliphatic rings. The highest BCUT2D eigenvalue weighted by molar-refractivity contribution is 5.96. The molecule has 1 N–H and O–H groups in total. The average Bonchev–Trinajstić information content (AvgIpc) is 2.73. The minimum absolute atomic E-state index is 0.0981. The summed E-state index contributed by atoms with van der Waals surface area (Å²) in [5.74, 6) is 0.773. The molecule has 0 saturated heterocycles. The Morgan fingerprint density at radius 2 is 1.81 bits per heavy atom. The van der Waals surface area contributed by atoms with Crippen molar-refractivity contribution in [2.24, 2.45) is 0 Å². The molecule has 1 heterocycles. The zero-order valence-corrected chi connectivity index (χ0v) is 15.4. The van der Waals surface area contributed by atoms with Gasteiger partial charge in [-0.25, -0.2) is 4.98 Å². The van der Waals surface area contributed by atoms with Crippen molar-refractivity contribution < 1.29 is 14.3 Å². The molecule has 1 unspecified atom stereocenters. The Balaban J connectivity index is 1.86. The molecule has 0 aliphatic carbocycles. The van der Waals surface area contributed by atoms with Gasteiger partial charge in [0, 0.05) is 6.07 Å². The van der Waals surface area contributed by atoms with Gasteiger partial charge in [0.25, 0.3) is 0 Å². The van der Waals surface area contributed by atoms with Crippen molar-refractivity contribution in [1.82, 2.24) is 4.98 Å².